The fourth-order valence-corrected chi connectivity index (χ4v) is 3.05. The monoisotopic (exact) mass is 339 g/mol. The lowest BCUT2D eigenvalue weighted by Crippen LogP contribution is -2.30. The van der Waals surface area contributed by atoms with Crippen LogP contribution in [0.3, 0.4) is 0 Å². The number of pyridine rings is 1. The van der Waals surface area contributed by atoms with E-state index in [1.54, 1.807) is 18.0 Å². The Morgan fingerprint density at radius 2 is 1.88 bits per heavy atom. The molecule has 0 unspecified atom stereocenters. The first-order valence-electron chi connectivity index (χ1n) is 8.41. The molecule has 3 aromatic rings. The van der Waals surface area contributed by atoms with Gasteiger partial charge in [-0.2, -0.15) is 0 Å². The van der Waals surface area contributed by atoms with Gasteiger partial charge < -0.3 is 10.2 Å². The maximum Gasteiger partial charge on any atom is 0.258 e. The summed E-state index contributed by atoms with van der Waals surface area (Å²) in [7, 11) is 0. The number of hydrogen-bond donors (Lipinski definition) is 1. The predicted octanol–water partition coefficient (Wildman–Crippen LogP) is 4.36. The second-order valence-electron chi connectivity index (χ2n) is 6.00. The van der Waals surface area contributed by atoms with Crippen LogP contribution < -0.4 is 10.2 Å². The molecule has 1 aliphatic heterocycles. The summed E-state index contributed by atoms with van der Waals surface area (Å²) < 4.78 is 0. The van der Waals surface area contributed by atoms with E-state index in [0.717, 1.165) is 28.3 Å². The van der Waals surface area contributed by atoms with Gasteiger partial charge in [-0.15, -0.1) is 5.92 Å². The van der Waals surface area contributed by atoms with Crippen molar-refractivity contribution in [2.45, 2.75) is 13.5 Å². The molecule has 0 fully saturated rings. The van der Waals surface area contributed by atoms with Gasteiger partial charge in [0, 0.05) is 22.9 Å². The SMILES string of the molecule is CC#Cc1ccc(C(=O)N2Cc3cccnc3Nc3ccccc32)cc1. The molecular weight excluding hydrogens is 322 g/mol. The number of fused-ring (bicyclic) bond motifs is 2. The molecule has 1 amide bonds. The number of para-hydroxylation sites is 2. The van der Waals surface area contributed by atoms with Crippen molar-refractivity contribution < 1.29 is 4.79 Å². The highest BCUT2D eigenvalue weighted by molar-refractivity contribution is 6.08. The minimum atomic E-state index is -0.0491. The van der Waals surface area contributed by atoms with Gasteiger partial charge in [-0.25, -0.2) is 4.98 Å². The van der Waals surface area contributed by atoms with E-state index in [-0.39, 0.29) is 5.91 Å². The Labute approximate surface area is 152 Å². The second-order valence-corrected chi connectivity index (χ2v) is 6.00. The molecule has 0 radical (unpaired) electrons. The Morgan fingerprint density at radius 1 is 1.08 bits per heavy atom. The predicted molar refractivity (Wildman–Crippen MR) is 103 cm³/mol. The largest absolute Gasteiger partial charge is 0.338 e. The number of amides is 1. The van der Waals surface area contributed by atoms with Crippen LogP contribution in [0, 0.1) is 11.8 Å². The molecule has 0 aliphatic carbocycles. The summed E-state index contributed by atoms with van der Waals surface area (Å²) >= 11 is 0. The van der Waals surface area contributed by atoms with E-state index in [2.05, 4.69) is 22.1 Å². The molecule has 2 aromatic carbocycles. The molecule has 1 N–H and O–H groups in total. The van der Waals surface area contributed by atoms with Crippen LogP contribution in [0.1, 0.15) is 28.4 Å². The van der Waals surface area contributed by atoms with E-state index in [1.165, 1.54) is 0 Å². The van der Waals surface area contributed by atoms with E-state index in [9.17, 15) is 4.79 Å². The summed E-state index contributed by atoms with van der Waals surface area (Å²) in [4.78, 5) is 19.4. The zero-order valence-corrected chi connectivity index (χ0v) is 14.4. The van der Waals surface area contributed by atoms with Crippen molar-refractivity contribution in [2.75, 3.05) is 10.2 Å². The minimum absolute atomic E-state index is 0.0491. The third-order valence-corrected chi connectivity index (χ3v) is 4.31. The number of aromatic nitrogens is 1. The first-order valence-corrected chi connectivity index (χ1v) is 8.41. The summed E-state index contributed by atoms with van der Waals surface area (Å²) in [6.07, 6.45) is 1.75. The van der Waals surface area contributed by atoms with Crippen molar-refractivity contribution in [1.29, 1.82) is 0 Å². The van der Waals surface area contributed by atoms with Crippen molar-refractivity contribution in [2.24, 2.45) is 0 Å². The lowest BCUT2D eigenvalue weighted by atomic mass is 10.1. The van der Waals surface area contributed by atoms with Crippen LogP contribution in [-0.4, -0.2) is 10.9 Å². The number of nitrogens with zero attached hydrogens (tertiary/aromatic N) is 2. The van der Waals surface area contributed by atoms with Gasteiger partial charge in [-0.1, -0.05) is 24.1 Å². The quantitative estimate of drug-likeness (QED) is 0.670. The number of carbonyl (C=O) groups excluding carboxylic acids is 1. The van der Waals surface area contributed by atoms with Crippen molar-refractivity contribution in [3.8, 4) is 11.8 Å². The Bertz CT molecular complexity index is 1030. The van der Waals surface area contributed by atoms with Crippen LogP contribution in [-0.2, 0) is 6.54 Å². The van der Waals surface area contributed by atoms with Crippen LogP contribution in [0.5, 0.6) is 0 Å². The molecular formula is C22H17N3O. The second kappa shape index (κ2) is 6.73. The zero-order valence-electron chi connectivity index (χ0n) is 14.4. The summed E-state index contributed by atoms with van der Waals surface area (Å²) in [5.41, 5.74) is 4.22. The third-order valence-electron chi connectivity index (χ3n) is 4.31. The summed E-state index contributed by atoms with van der Waals surface area (Å²) in [5, 5.41) is 3.34. The third kappa shape index (κ3) is 2.91. The van der Waals surface area contributed by atoms with Crippen LogP contribution in [0.4, 0.5) is 17.2 Å². The van der Waals surface area contributed by atoms with Crippen molar-refractivity contribution >= 4 is 23.1 Å². The molecule has 1 aliphatic rings. The Balaban J connectivity index is 1.76. The standard InChI is InChI=1S/C22H17N3O/c1-2-6-16-10-12-17(13-11-16)22(26)25-15-18-7-5-14-23-21(18)24-19-8-3-4-9-20(19)25/h3-5,7-14H,15H2,1H3,(H,23,24). The van der Waals surface area contributed by atoms with Gasteiger partial charge in [0.15, 0.2) is 0 Å². The van der Waals surface area contributed by atoms with E-state index in [1.807, 2.05) is 60.7 Å². The van der Waals surface area contributed by atoms with Gasteiger partial charge in [0.05, 0.1) is 17.9 Å². The first kappa shape index (κ1) is 15.9. The molecule has 0 saturated heterocycles. The van der Waals surface area contributed by atoms with Gasteiger partial charge in [-0.05, 0) is 49.4 Å². The zero-order chi connectivity index (χ0) is 17.9. The van der Waals surface area contributed by atoms with E-state index in [0.29, 0.717) is 12.1 Å². The molecule has 0 spiro atoms. The highest BCUT2D eigenvalue weighted by Gasteiger charge is 2.25. The molecule has 126 valence electrons. The van der Waals surface area contributed by atoms with E-state index in [4.69, 9.17) is 0 Å². The fraction of sp³-hybridized carbons (Fsp3) is 0.0909. The number of anilines is 3. The van der Waals surface area contributed by atoms with E-state index >= 15 is 0 Å². The van der Waals surface area contributed by atoms with Crippen LogP contribution >= 0.6 is 0 Å². The topological polar surface area (TPSA) is 45.2 Å². The maximum atomic E-state index is 13.2. The minimum Gasteiger partial charge on any atom is -0.338 e. The average molecular weight is 339 g/mol. The van der Waals surface area contributed by atoms with Gasteiger partial charge >= 0.3 is 0 Å². The smallest absolute Gasteiger partial charge is 0.258 e. The summed E-state index contributed by atoms with van der Waals surface area (Å²) in [6, 6.07) is 19.1. The highest BCUT2D eigenvalue weighted by atomic mass is 16.2. The molecule has 0 atom stereocenters. The number of benzene rings is 2. The first-order chi connectivity index (χ1) is 12.8. The van der Waals surface area contributed by atoms with Crippen molar-refractivity contribution in [1.82, 2.24) is 4.98 Å². The Kier molecular flexibility index (Phi) is 4.12. The summed E-state index contributed by atoms with van der Waals surface area (Å²) in [5.74, 6) is 6.60. The molecule has 26 heavy (non-hydrogen) atoms. The van der Waals surface area contributed by atoms with Gasteiger partial charge in [0.2, 0.25) is 0 Å². The Morgan fingerprint density at radius 3 is 2.69 bits per heavy atom. The fourth-order valence-electron chi connectivity index (χ4n) is 3.05. The van der Waals surface area contributed by atoms with E-state index < -0.39 is 0 Å². The molecule has 4 nitrogen and oxygen atoms in total. The number of rotatable bonds is 1. The maximum absolute atomic E-state index is 13.2. The average Bonchev–Trinajstić information content (AvgIpc) is 2.85. The number of nitrogens with one attached hydrogen (secondary N) is 1. The molecule has 2 heterocycles. The van der Waals surface area contributed by atoms with Crippen LogP contribution in [0.2, 0.25) is 0 Å². The number of carbonyl (C=O) groups is 1. The van der Waals surface area contributed by atoms with Gasteiger partial charge in [0.1, 0.15) is 5.82 Å². The highest BCUT2D eigenvalue weighted by Crippen LogP contribution is 2.35. The lowest BCUT2D eigenvalue weighted by Gasteiger charge is -2.22. The molecule has 4 heteroatoms. The molecule has 4 rings (SSSR count). The van der Waals surface area contributed by atoms with Gasteiger partial charge in [-0.3, -0.25) is 4.79 Å². The normalized spacial score (nSPS) is 12.0. The summed E-state index contributed by atoms with van der Waals surface area (Å²) in [6.45, 7) is 2.26. The van der Waals surface area contributed by atoms with Crippen molar-refractivity contribution in [3.63, 3.8) is 0 Å². The molecule has 0 saturated carbocycles. The van der Waals surface area contributed by atoms with Crippen LogP contribution in [0.25, 0.3) is 0 Å². The van der Waals surface area contributed by atoms with Crippen LogP contribution in [0.15, 0.2) is 66.9 Å². The molecule has 1 aromatic heterocycles. The molecule has 0 bridgehead atoms. The number of hydrogen-bond acceptors (Lipinski definition) is 3. The Hall–Kier alpha value is -3.58. The van der Waals surface area contributed by atoms with Crippen molar-refractivity contribution in [3.05, 3.63) is 83.6 Å². The van der Waals surface area contributed by atoms with Gasteiger partial charge in [0.25, 0.3) is 5.91 Å². The lowest BCUT2D eigenvalue weighted by molar-refractivity contribution is 0.0985.